The minimum Gasteiger partial charge on any atom is -0.373 e. The Morgan fingerprint density at radius 3 is 1.29 bits per heavy atom. The number of hydrogen-bond acceptors (Lipinski definition) is 1. The van der Waals surface area contributed by atoms with E-state index in [4.69, 9.17) is 0 Å². The maximum Gasteiger partial charge on any atom is 0.426 e. The van der Waals surface area contributed by atoms with E-state index in [2.05, 4.69) is 0 Å². The van der Waals surface area contributed by atoms with E-state index in [0.717, 1.165) is 0 Å². The highest BCUT2D eigenvalue weighted by atomic mass is 31.1. The second-order valence-electron chi connectivity index (χ2n) is 5.11. The molecule has 0 aliphatic carbocycles. The summed E-state index contributed by atoms with van der Waals surface area (Å²) in [6.45, 7) is 0. The lowest BCUT2D eigenvalue weighted by molar-refractivity contribution is -0.358. The number of aliphatic hydroxyl groups is 1. The zero-order valence-electron chi connectivity index (χ0n) is 12.1. The lowest BCUT2D eigenvalue weighted by Crippen LogP contribution is -2.59. The van der Waals surface area contributed by atoms with Crippen molar-refractivity contribution in [3.8, 4) is 0 Å². The van der Waals surface area contributed by atoms with Crippen LogP contribution in [0.15, 0.2) is 60.7 Å². The third-order valence-electron chi connectivity index (χ3n) is 3.46. The van der Waals surface area contributed by atoms with Crippen molar-refractivity contribution in [3.63, 3.8) is 0 Å². The summed E-state index contributed by atoms with van der Waals surface area (Å²) in [7, 11) is -2.06. The molecule has 1 nitrogen and oxygen atoms in total. The maximum atomic E-state index is 13.0. The fourth-order valence-corrected chi connectivity index (χ4v) is 4.66. The van der Waals surface area contributed by atoms with Gasteiger partial charge in [0.15, 0.2) is 0 Å². The van der Waals surface area contributed by atoms with Crippen molar-refractivity contribution >= 4 is 18.5 Å². The van der Waals surface area contributed by atoms with E-state index in [-0.39, 0.29) is 0 Å². The van der Waals surface area contributed by atoms with Gasteiger partial charge in [0, 0.05) is 6.16 Å². The monoisotopic (exact) mass is 366 g/mol. The van der Waals surface area contributed by atoms with E-state index in [1.165, 1.54) is 48.5 Å². The van der Waals surface area contributed by atoms with Crippen molar-refractivity contribution in [2.75, 3.05) is 6.16 Å². The van der Waals surface area contributed by atoms with Crippen LogP contribution in [0.1, 0.15) is 0 Å². The zero-order chi connectivity index (χ0) is 18.0. The van der Waals surface area contributed by atoms with Crippen LogP contribution in [0.4, 0.5) is 26.3 Å². The summed E-state index contributed by atoms with van der Waals surface area (Å²) >= 11 is 0. The molecule has 0 aromatic heterocycles. The third-order valence-corrected chi connectivity index (χ3v) is 6.08. The van der Waals surface area contributed by atoms with Gasteiger partial charge in [0.25, 0.3) is 5.60 Å². The second kappa shape index (κ2) is 6.73. The average Bonchev–Trinajstić information content (AvgIpc) is 2.52. The van der Waals surface area contributed by atoms with Crippen LogP contribution in [0.5, 0.6) is 0 Å². The molecule has 0 saturated carbocycles. The van der Waals surface area contributed by atoms with E-state index in [1.807, 2.05) is 0 Å². The molecular formula is C16H13F6OP. The molecule has 2 aromatic carbocycles. The SMILES string of the molecule is OC(CP(c1ccccc1)c1ccccc1)(C(F)(F)F)C(F)(F)F. The van der Waals surface area contributed by atoms with Crippen molar-refractivity contribution in [2.24, 2.45) is 0 Å². The Morgan fingerprint density at radius 1 is 0.667 bits per heavy atom. The summed E-state index contributed by atoms with van der Waals surface area (Å²) in [5, 5.41) is 10.2. The average molecular weight is 366 g/mol. The largest absolute Gasteiger partial charge is 0.426 e. The Hall–Kier alpha value is -1.59. The van der Waals surface area contributed by atoms with Gasteiger partial charge < -0.3 is 5.11 Å². The molecule has 1 N–H and O–H groups in total. The van der Waals surface area contributed by atoms with Gasteiger partial charge in [-0.05, 0) is 18.5 Å². The van der Waals surface area contributed by atoms with Gasteiger partial charge in [-0.2, -0.15) is 26.3 Å². The molecule has 0 spiro atoms. The van der Waals surface area contributed by atoms with E-state index in [0.29, 0.717) is 10.6 Å². The summed E-state index contributed by atoms with van der Waals surface area (Å²) < 4.78 is 78.2. The lowest BCUT2D eigenvalue weighted by Gasteiger charge is -2.35. The standard InChI is InChI=1S/C16H13F6OP/c17-15(18,19)14(23,16(20,21)22)11-24(12-7-3-1-4-8-12)13-9-5-2-6-10-13/h1-10,23H,11H2. The lowest BCUT2D eigenvalue weighted by atomic mass is 10.1. The second-order valence-corrected chi connectivity index (χ2v) is 7.32. The van der Waals surface area contributed by atoms with Crippen LogP contribution >= 0.6 is 7.92 Å². The van der Waals surface area contributed by atoms with Gasteiger partial charge in [-0.1, -0.05) is 60.7 Å². The molecule has 8 heteroatoms. The van der Waals surface area contributed by atoms with Crippen molar-refractivity contribution < 1.29 is 31.4 Å². The van der Waals surface area contributed by atoms with Gasteiger partial charge in [-0.3, -0.25) is 0 Å². The number of alkyl halides is 6. The number of benzene rings is 2. The summed E-state index contributed by atoms with van der Waals surface area (Å²) in [6.07, 6.45) is -13.1. The molecule has 0 fully saturated rings. The molecule has 0 radical (unpaired) electrons. The van der Waals surface area contributed by atoms with E-state index >= 15 is 0 Å². The van der Waals surface area contributed by atoms with E-state index < -0.39 is 32.0 Å². The van der Waals surface area contributed by atoms with Gasteiger partial charge in [-0.25, -0.2) is 0 Å². The maximum absolute atomic E-state index is 13.0. The van der Waals surface area contributed by atoms with Crippen molar-refractivity contribution in [1.82, 2.24) is 0 Å². The molecule has 0 heterocycles. The van der Waals surface area contributed by atoms with Crippen LogP contribution < -0.4 is 10.6 Å². The molecule has 130 valence electrons. The van der Waals surface area contributed by atoms with Crippen LogP contribution in [0.25, 0.3) is 0 Å². The molecule has 0 atom stereocenters. The number of rotatable bonds is 4. The highest BCUT2D eigenvalue weighted by Crippen LogP contribution is 2.50. The molecule has 0 aliphatic heterocycles. The van der Waals surface area contributed by atoms with Gasteiger partial charge in [0.05, 0.1) is 0 Å². The smallest absolute Gasteiger partial charge is 0.373 e. The Balaban J connectivity index is 2.52. The van der Waals surface area contributed by atoms with Crippen molar-refractivity contribution in [3.05, 3.63) is 60.7 Å². The highest BCUT2D eigenvalue weighted by molar-refractivity contribution is 7.73. The first-order valence-electron chi connectivity index (χ1n) is 6.80. The fourth-order valence-electron chi connectivity index (χ4n) is 2.12. The minimum absolute atomic E-state index is 0.325. The summed E-state index contributed by atoms with van der Waals surface area (Å²) in [5.41, 5.74) is -4.77. The first-order chi connectivity index (χ1) is 11.1. The Labute approximate surface area is 135 Å². The zero-order valence-corrected chi connectivity index (χ0v) is 13.0. The fraction of sp³-hybridized carbons (Fsp3) is 0.250. The summed E-state index contributed by atoms with van der Waals surface area (Å²) in [4.78, 5) is 0. The van der Waals surface area contributed by atoms with Crippen LogP contribution in [0.3, 0.4) is 0 Å². The quantitative estimate of drug-likeness (QED) is 0.641. The van der Waals surface area contributed by atoms with Crippen LogP contribution in [0, 0.1) is 0 Å². The Morgan fingerprint density at radius 2 is 1.00 bits per heavy atom. The topological polar surface area (TPSA) is 20.2 Å². The predicted octanol–water partition coefficient (Wildman–Crippen LogP) is 3.98. The van der Waals surface area contributed by atoms with Gasteiger partial charge in [0.2, 0.25) is 0 Å². The van der Waals surface area contributed by atoms with Crippen molar-refractivity contribution in [2.45, 2.75) is 18.0 Å². The molecule has 0 bridgehead atoms. The Kier molecular flexibility index (Phi) is 5.25. The molecule has 0 amide bonds. The number of halogens is 6. The van der Waals surface area contributed by atoms with Crippen LogP contribution in [-0.4, -0.2) is 29.2 Å². The van der Waals surface area contributed by atoms with Crippen LogP contribution in [0.2, 0.25) is 0 Å². The first-order valence-corrected chi connectivity index (χ1v) is 8.32. The number of hydrogen-bond donors (Lipinski definition) is 1. The molecule has 2 aromatic rings. The molecular weight excluding hydrogens is 353 g/mol. The predicted molar refractivity (Wildman–Crippen MR) is 81.0 cm³/mol. The van der Waals surface area contributed by atoms with Crippen molar-refractivity contribution in [1.29, 1.82) is 0 Å². The van der Waals surface area contributed by atoms with E-state index in [1.54, 1.807) is 12.1 Å². The highest BCUT2D eigenvalue weighted by Gasteiger charge is 2.70. The summed E-state index contributed by atoms with van der Waals surface area (Å²) in [6, 6.07) is 15.2. The van der Waals surface area contributed by atoms with Gasteiger partial charge in [0.1, 0.15) is 0 Å². The molecule has 0 aliphatic rings. The Bertz CT molecular complexity index is 600. The van der Waals surface area contributed by atoms with Gasteiger partial charge >= 0.3 is 12.4 Å². The minimum atomic E-state index is -5.82. The third kappa shape index (κ3) is 3.73. The van der Waals surface area contributed by atoms with Crippen LogP contribution in [-0.2, 0) is 0 Å². The molecule has 0 saturated heterocycles. The summed E-state index contributed by atoms with van der Waals surface area (Å²) in [5.74, 6) is 0. The molecule has 2 rings (SSSR count). The normalized spacial score (nSPS) is 13.3. The molecule has 24 heavy (non-hydrogen) atoms. The first kappa shape index (κ1) is 18.7. The van der Waals surface area contributed by atoms with Gasteiger partial charge in [-0.15, -0.1) is 0 Å². The van der Waals surface area contributed by atoms with E-state index in [9.17, 15) is 31.4 Å². The molecule has 0 unspecified atom stereocenters.